The lowest BCUT2D eigenvalue weighted by atomic mass is 9.95. The minimum atomic E-state index is 0.158. The highest BCUT2D eigenvalue weighted by molar-refractivity contribution is 5.81. The second-order valence-corrected chi connectivity index (χ2v) is 10.8. The summed E-state index contributed by atoms with van der Waals surface area (Å²) >= 11 is 0. The van der Waals surface area contributed by atoms with Crippen molar-refractivity contribution in [1.82, 2.24) is 19.7 Å². The van der Waals surface area contributed by atoms with Gasteiger partial charge in [0.2, 0.25) is 5.91 Å². The van der Waals surface area contributed by atoms with E-state index in [0.717, 1.165) is 58.5 Å². The van der Waals surface area contributed by atoms with E-state index in [1.165, 1.54) is 48.0 Å². The molecule has 3 aromatic rings. The minimum Gasteiger partial charge on any atom is -0.356 e. The highest BCUT2D eigenvalue weighted by Crippen LogP contribution is 2.25. The van der Waals surface area contributed by atoms with Gasteiger partial charge < -0.3 is 14.8 Å². The Hall–Kier alpha value is -2.63. The van der Waals surface area contributed by atoms with Crippen LogP contribution in [0.2, 0.25) is 0 Å². The number of para-hydroxylation sites is 1. The minimum absolute atomic E-state index is 0.158. The van der Waals surface area contributed by atoms with Crippen LogP contribution < -0.4 is 5.32 Å². The molecule has 192 valence electrons. The van der Waals surface area contributed by atoms with Crippen molar-refractivity contribution in [2.75, 3.05) is 32.7 Å². The third-order valence-corrected chi connectivity index (χ3v) is 8.29. The Morgan fingerprint density at radius 3 is 2.50 bits per heavy atom. The van der Waals surface area contributed by atoms with Gasteiger partial charge in [-0.05, 0) is 81.7 Å². The second-order valence-electron chi connectivity index (χ2n) is 10.8. The molecule has 1 amide bonds. The first-order valence-corrected chi connectivity index (χ1v) is 14.0. The van der Waals surface area contributed by atoms with E-state index in [2.05, 4.69) is 87.3 Å². The molecule has 2 fully saturated rings. The highest BCUT2D eigenvalue weighted by Gasteiger charge is 2.26. The topological polar surface area (TPSA) is 40.5 Å². The Bertz CT molecular complexity index is 1120. The summed E-state index contributed by atoms with van der Waals surface area (Å²) in [5, 5.41) is 4.54. The van der Waals surface area contributed by atoms with E-state index in [1.54, 1.807) is 0 Å². The van der Waals surface area contributed by atoms with E-state index in [4.69, 9.17) is 0 Å². The lowest BCUT2D eigenvalue weighted by Gasteiger charge is -2.33. The molecule has 5 rings (SSSR count). The van der Waals surface area contributed by atoms with Crippen LogP contribution in [0.5, 0.6) is 0 Å². The predicted octanol–water partition coefficient (Wildman–Crippen LogP) is 5.28. The highest BCUT2D eigenvalue weighted by atomic mass is 16.1. The van der Waals surface area contributed by atoms with Crippen LogP contribution >= 0.6 is 0 Å². The molecule has 1 aromatic heterocycles. The first-order chi connectivity index (χ1) is 17.7. The van der Waals surface area contributed by atoms with Crippen LogP contribution in [-0.2, 0) is 17.9 Å². The van der Waals surface area contributed by atoms with Gasteiger partial charge in [-0.15, -0.1) is 0 Å². The number of carbonyl (C=O) groups is 1. The van der Waals surface area contributed by atoms with Gasteiger partial charge in [0, 0.05) is 49.3 Å². The summed E-state index contributed by atoms with van der Waals surface area (Å²) in [7, 11) is 0. The van der Waals surface area contributed by atoms with Gasteiger partial charge in [0.05, 0.1) is 0 Å². The van der Waals surface area contributed by atoms with Crippen LogP contribution in [0.4, 0.5) is 0 Å². The number of hydrogen-bond donors (Lipinski definition) is 1. The van der Waals surface area contributed by atoms with Crippen LogP contribution in [0, 0.1) is 5.92 Å². The van der Waals surface area contributed by atoms with Crippen molar-refractivity contribution in [3.8, 4) is 0 Å². The van der Waals surface area contributed by atoms with Gasteiger partial charge in [-0.2, -0.15) is 0 Å². The summed E-state index contributed by atoms with van der Waals surface area (Å²) in [4.78, 5) is 17.9. The Balaban J connectivity index is 1.11. The Morgan fingerprint density at radius 1 is 0.917 bits per heavy atom. The molecule has 0 spiro atoms. The number of fused-ring (bicyclic) bond motifs is 1. The molecule has 1 N–H and O–H groups in total. The molecule has 2 aromatic carbocycles. The number of nitrogens with one attached hydrogen (secondary N) is 1. The molecule has 0 bridgehead atoms. The maximum atomic E-state index is 12.8. The van der Waals surface area contributed by atoms with E-state index in [9.17, 15) is 4.79 Å². The van der Waals surface area contributed by atoms with Crippen molar-refractivity contribution >= 4 is 16.8 Å². The molecule has 3 heterocycles. The molecule has 0 saturated carbocycles. The Kier molecular flexibility index (Phi) is 8.40. The number of hydrogen-bond acceptors (Lipinski definition) is 3. The van der Waals surface area contributed by atoms with E-state index < -0.39 is 0 Å². The Morgan fingerprint density at radius 2 is 1.69 bits per heavy atom. The molecule has 0 aliphatic carbocycles. The average Bonchev–Trinajstić information content (AvgIpc) is 3.25. The van der Waals surface area contributed by atoms with Crippen LogP contribution in [0.1, 0.15) is 56.7 Å². The first kappa shape index (κ1) is 25.0. The van der Waals surface area contributed by atoms with Crippen molar-refractivity contribution < 1.29 is 4.79 Å². The largest absolute Gasteiger partial charge is 0.356 e. The third kappa shape index (κ3) is 6.19. The normalized spacial score (nSPS) is 20.1. The van der Waals surface area contributed by atoms with Gasteiger partial charge in [0.15, 0.2) is 0 Å². The summed E-state index contributed by atoms with van der Waals surface area (Å²) in [6, 6.07) is 22.5. The maximum Gasteiger partial charge on any atom is 0.223 e. The second kappa shape index (κ2) is 12.1. The van der Waals surface area contributed by atoms with Gasteiger partial charge in [-0.3, -0.25) is 9.69 Å². The van der Waals surface area contributed by atoms with E-state index in [0.29, 0.717) is 6.04 Å². The number of nitrogens with zero attached hydrogens (tertiary/aromatic N) is 3. The molecular formula is C31H42N4O. The fourth-order valence-electron chi connectivity index (χ4n) is 6.06. The van der Waals surface area contributed by atoms with Gasteiger partial charge in [-0.25, -0.2) is 0 Å². The van der Waals surface area contributed by atoms with Crippen molar-refractivity contribution in [2.45, 2.75) is 64.6 Å². The molecule has 36 heavy (non-hydrogen) atoms. The van der Waals surface area contributed by atoms with Gasteiger partial charge in [-0.1, -0.05) is 55.0 Å². The molecule has 2 aliphatic heterocycles. The maximum absolute atomic E-state index is 12.8. The summed E-state index contributed by atoms with van der Waals surface area (Å²) in [5.41, 5.74) is 3.98. The summed E-state index contributed by atoms with van der Waals surface area (Å²) < 4.78 is 2.46. The molecule has 2 saturated heterocycles. The van der Waals surface area contributed by atoms with E-state index >= 15 is 0 Å². The van der Waals surface area contributed by atoms with Crippen molar-refractivity contribution in [2.24, 2.45) is 5.92 Å². The summed E-state index contributed by atoms with van der Waals surface area (Å²) in [5.74, 6) is 0.421. The van der Waals surface area contributed by atoms with E-state index in [1.807, 2.05) is 0 Å². The fourth-order valence-corrected chi connectivity index (χ4v) is 6.06. The zero-order valence-corrected chi connectivity index (χ0v) is 21.9. The number of rotatable bonds is 9. The third-order valence-electron chi connectivity index (χ3n) is 8.29. The quantitative estimate of drug-likeness (QED) is 0.418. The predicted molar refractivity (Wildman–Crippen MR) is 148 cm³/mol. The molecule has 2 aliphatic rings. The van der Waals surface area contributed by atoms with Crippen LogP contribution in [0.3, 0.4) is 0 Å². The molecule has 5 nitrogen and oxygen atoms in total. The summed E-state index contributed by atoms with van der Waals surface area (Å²) in [6.07, 6.45) is 6.96. The zero-order valence-electron chi connectivity index (χ0n) is 21.9. The van der Waals surface area contributed by atoms with Gasteiger partial charge >= 0.3 is 0 Å². The standard InChI is InChI=1S/C31H42N4O/c1-25-10-7-8-18-34(25)19-9-17-32-31(36)27-15-20-33(21-16-27)24-29-22-28-13-5-6-14-30(28)35(29)23-26-11-3-2-4-12-26/h2-6,11-14,22,25,27H,7-10,15-21,23-24H2,1H3,(H,32,36)/t25-/m0/s1. The lowest BCUT2D eigenvalue weighted by Crippen LogP contribution is -2.42. The van der Waals surface area contributed by atoms with Gasteiger partial charge in [0.25, 0.3) is 0 Å². The van der Waals surface area contributed by atoms with Crippen molar-refractivity contribution in [3.05, 3.63) is 71.9 Å². The number of amides is 1. The van der Waals surface area contributed by atoms with Crippen LogP contribution in [-0.4, -0.2) is 59.0 Å². The number of likely N-dealkylation sites (tertiary alicyclic amines) is 2. The van der Waals surface area contributed by atoms with Crippen LogP contribution in [0.25, 0.3) is 10.9 Å². The lowest BCUT2D eigenvalue weighted by molar-refractivity contribution is -0.126. The molecule has 0 unspecified atom stereocenters. The van der Waals surface area contributed by atoms with E-state index in [-0.39, 0.29) is 11.8 Å². The SMILES string of the molecule is C[C@H]1CCCCN1CCCNC(=O)C1CCN(Cc2cc3ccccc3n2Cc2ccccc2)CC1. The van der Waals surface area contributed by atoms with Crippen molar-refractivity contribution in [3.63, 3.8) is 0 Å². The molecule has 5 heteroatoms. The first-order valence-electron chi connectivity index (χ1n) is 14.0. The smallest absolute Gasteiger partial charge is 0.223 e. The zero-order chi connectivity index (χ0) is 24.7. The van der Waals surface area contributed by atoms with Crippen LogP contribution in [0.15, 0.2) is 60.7 Å². The Labute approximate surface area is 216 Å². The monoisotopic (exact) mass is 486 g/mol. The summed E-state index contributed by atoms with van der Waals surface area (Å²) in [6.45, 7) is 9.26. The molecule has 0 radical (unpaired) electrons. The average molecular weight is 487 g/mol. The fraction of sp³-hybridized carbons (Fsp3) is 0.516. The molecule has 1 atom stereocenters. The number of piperidine rings is 2. The van der Waals surface area contributed by atoms with Crippen molar-refractivity contribution in [1.29, 1.82) is 0 Å². The molecular weight excluding hydrogens is 444 g/mol. The van der Waals surface area contributed by atoms with Gasteiger partial charge in [0.1, 0.15) is 0 Å². The number of aromatic nitrogens is 1. The number of carbonyl (C=O) groups excluding carboxylic acids is 1. The number of benzene rings is 2.